The van der Waals surface area contributed by atoms with E-state index in [0.29, 0.717) is 18.2 Å². The Morgan fingerprint density at radius 2 is 1.10 bits per heavy atom. The van der Waals surface area contributed by atoms with Crippen molar-refractivity contribution in [3.05, 3.63) is 109 Å². The van der Waals surface area contributed by atoms with Crippen LogP contribution in [0.25, 0.3) is 0 Å². The summed E-state index contributed by atoms with van der Waals surface area (Å²) in [6.07, 6.45) is 0. The molecule has 0 heterocycles. The number of carbonyl (C=O) groups excluding carboxylic acids is 1. The summed E-state index contributed by atoms with van der Waals surface area (Å²) < 4.78 is 22.4. The highest BCUT2D eigenvalue weighted by Crippen LogP contribution is 2.47. The average Bonchev–Trinajstić information content (AvgIpc) is 3.12. The Labute approximate surface area is 309 Å². The van der Waals surface area contributed by atoms with Crippen LogP contribution in [-0.4, -0.2) is 51.0 Å². The van der Waals surface area contributed by atoms with Crippen LogP contribution >= 0.6 is 19.3 Å². The van der Waals surface area contributed by atoms with Gasteiger partial charge in [-0.05, 0) is 101 Å². The molecule has 0 radical (unpaired) electrons. The molecule has 0 aliphatic heterocycles. The van der Waals surface area contributed by atoms with Gasteiger partial charge in [0, 0.05) is 22.5 Å². The molecule has 4 aromatic carbocycles. The van der Waals surface area contributed by atoms with E-state index in [4.69, 9.17) is 31.2 Å². The molecule has 0 aliphatic carbocycles. The molecule has 0 saturated carbocycles. The van der Waals surface area contributed by atoms with Crippen LogP contribution in [0, 0.1) is 10.8 Å². The molecule has 4 rings (SSSR count). The largest absolute Gasteiger partial charge is 0.497 e. The van der Waals surface area contributed by atoms with Crippen molar-refractivity contribution in [2.24, 2.45) is 15.6 Å². The summed E-state index contributed by atoms with van der Waals surface area (Å²) in [6, 6.07) is 33.7. The number of hydrogen-bond acceptors (Lipinski definition) is 6. The third-order valence-electron chi connectivity index (χ3n) is 8.88. The average molecular weight is 729 g/mol. The van der Waals surface area contributed by atoms with Crippen LogP contribution in [0.1, 0.15) is 47.1 Å². The molecule has 2 atom stereocenters. The van der Waals surface area contributed by atoms with Crippen molar-refractivity contribution in [2.45, 2.75) is 60.2 Å². The van der Waals surface area contributed by atoms with E-state index in [0.717, 1.165) is 38.7 Å². The zero-order valence-corrected chi connectivity index (χ0v) is 33.0. The normalized spacial score (nSPS) is 13.0. The molecule has 0 aliphatic rings. The standard InChI is InChI=1S/C41H53N4O4PS/c1-40(2,3)36(44-39(51)45-37(41(4,5)6)38(46)42-27-29-13-11-10-12-14-29)28-43-50(33-21-15-30(47-7)16-22-33,34-23-17-31(48-8)18-24-34)35-25-19-32(49-9)20-26-35/h10-26,36-37H,27-28H2,1-9H3,(H,42,46)(H2,44,45,51)/t36-,37-/m1/s1. The number of nitrogens with one attached hydrogen (secondary N) is 3. The van der Waals surface area contributed by atoms with Gasteiger partial charge in [0.25, 0.3) is 0 Å². The topological polar surface area (TPSA) is 93.2 Å². The van der Waals surface area contributed by atoms with Crippen LogP contribution in [0.4, 0.5) is 0 Å². The molecule has 272 valence electrons. The van der Waals surface area contributed by atoms with Gasteiger partial charge in [-0.3, -0.25) is 9.54 Å². The maximum absolute atomic E-state index is 13.5. The van der Waals surface area contributed by atoms with Crippen molar-refractivity contribution in [1.82, 2.24) is 16.0 Å². The fourth-order valence-electron chi connectivity index (χ4n) is 5.72. The summed E-state index contributed by atoms with van der Waals surface area (Å²) in [5, 5.41) is 13.7. The first-order valence-electron chi connectivity index (χ1n) is 17.1. The summed E-state index contributed by atoms with van der Waals surface area (Å²) in [7, 11) is 2.38. The van der Waals surface area contributed by atoms with Crippen molar-refractivity contribution in [3.63, 3.8) is 0 Å². The first kappa shape index (κ1) is 39.5. The zero-order chi connectivity index (χ0) is 37.2. The zero-order valence-electron chi connectivity index (χ0n) is 31.3. The Morgan fingerprint density at radius 3 is 1.47 bits per heavy atom. The number of amides is 1. The Morgan fingerprint density at radius 1 is 0.667 bits per heavy atom. The van der Waals surface area contributed by atoms with Crippen LogP contribution < -0.4 is 46.1 Å². The highest BCUT2D eigenvalue weighted by Gasteiger charge is 2.34. The van der Waals surface area contributed by atoms with Gasteiger partial charge < -0.3 is 30.2 Å². The van der Waals surface area contributed by atoms with E-state index >= 15 is 0 Å². The lowest BCUT2D eigenvalue weighted by molar-refractivity contribution is -0.125. The molecule has 0 saturated heterocycles. The Balaban J connectivity index is 1.75. The number of nitrogens with zero attached hydrogens (tertiary/aromatic N) is 1. The SMILES string of the molecule is COc1ccc(P(=NC[C@@H](NC(=S)N[C@H](C(=O)NCc2ccccc2)C(C)(C)C)C(C)(C)C)(c2ccc(OC)cc2)c2ccc(OC)cc2)cc1. The van der Waals surface area contributed by atoms with E-state index in [2.05, 4.69) is 73.1 Å². The van der Waals surface area contributed by atoms with E-state index in [1.165, 1.54) is 0 Å². The van der Waals surface area contributed by atoms with Crippen molar-refractivity contribution < 1.29 is 19.0 Å². The number of ether oxygens (including phenoxy) is 3. The first-order chi connectivity index (χ1) is 24.2. The second kappa shape index (κ2) is 17.3. The van der Waals surface area contributed by atoms with Crippen LogP contribution in [0.15, 0.2) is 108 Å². The van der Waals surface area contributed by atoms with Gasteiger partial charge in [0.05, 0.1) is 41.0 Å². The Hall–Kier alpha value is -4.33. The van der Waals surface area contributed by atoms with Gasteiger partial charge in [-0.2, -0.15) is 0 Å². The van der Waals surface area contributed by atoms with Gasteiger partial charge in [-0.25, -0.2) is 0 Å². The molecule has 0 aromatic heterocycles. The quantitative estimate of drug-likeness (QED) is 0.103. The fourth-order valence-corrected chi connectivity index (χ4v) is 9.51. The first-order valence-corrected chi connectivity index (χ1v) is 19.3. The second-order valence-corrected chi connectivity index (χ2v) is 18.1. The second-order valence-electron chi connectivity index (χ2n) is 14.6. The number of hydrogen-bond donors (Lipinski definition) is 3. The third-order valence-corrected chi connectivity index (χ3v) is 12.8. The van der Waals surface area contributed by atoms with Crippen LogP contribution in [-0.2, 0) is 11.3 Å². The van der Waals surface area contributed by atoms with E-state index < -0.39 is 18.5 Å². The van der Waals surface area contributed by atoms with Gasteiger partial charge in [-0.1, -0.05) is 71.9 Å². The maximum atomic E-state index is 13.5. The molecule has 0 spiro atoms. The minimum Gasteiger partial charge on any atom is -0.497 e. The van der Waals surface area contributed by atoms with E-state index in [1.807, 2.05) is 87.5 Å². The minimum atomic E-state index is -2.63. The lowest BCUT2D eigenvalue weighted by atomic mass is 9.85. The van der Waals surface area contributed by atoms with E-state index in [9.17, 15) is 4.79 Å². The highest BCUT2D eigenvalue weighted by atomic mass is 32.1. The number of methoxy groups -OCH3 is 3. The summed E-state index contributed by atoms with van der Waals surface area (Å²) in [5.41, 5.74) is 0.370. The predicted molar refractivity (Wildman–Crippen MR) is 216 cm³/mol. The molecule has 1 amide bonds. The van der Waals surface area contributed by atoms with Crippen LogP contribution in [0.2, 0.25) is 0 Å². The van der Waals surface area contributed by atoms with Crippen molar-refractivity contribution in [2.75, 3.05) is 27.9 Å². The smallest absolute Gasteiger partial charge is 0.243 e. The van der Waals surface area contributed by atoms with Crippen molar-refractivity contribution in [3.8, 4) is 17.2 Å². The molecule has 0 unspecified atom stereocenters. The lowest BCUT2D eigenvalue weighted by Crippen LogP contribution is -2.58. The molecule has 0 bridgehead atoms. The minimum absolute atomic E-state index is 0.115. The van der Waals surface area contributed by atoms with Crippen molar-refractivity contribution >= 4 is 46.2 Å². The number of carbonyl (C=O) groups is 1. The molecule has 0 fully saturated rings. The number of benzene rings is 4. The van der Waals surface area contributed by atoms with Crippen LogP contribution in [0.3, 0.4) is 0 Å². The van der Waals surface area contributed by atoms with Gasteiger partial charge in [-0.15, -0.1) is 0 Å². The Bertz CT molecular complexity index is 1660. The summed E-state index contributed by atoms with van der Waals surface area (Å²) in [5.74, 6) is 2.20. The summed E-state index contributed by atoms with van der Waals surface area (Å²) >= 11 is 5.94. The monoisotopic (exact) mass is 728 g/mol. The summed E-state index contributed by atoms with van der Waals surface area (Å²) in [4.78, 5) is 13.5. The van der Waals surface area contributed by atoms with E-state index in [1.54, 1.807) is 21.3 Å². The predicted octanol–water partition coefficient (Wildman–Crippen LogP) is 6.80. The highest BCUT2D eigenvalue weighted by molar-refractivity contribution is 7.87. The lowest BCUT2D eigenvalue weighted by Gasteiger charge is -2.36. The molecule has 10 heteroatoms. The molecule has 51 heavy (non-hydrogen) atoms. The molecule has 4 aromatic rings. The van der Waals surface area contributed by atoms with Crippen molar-refractivity contribution in [1.29, 1.82) is 0 Å². The third kappa shape index (κ3) is 10.1. The van der Waals surface area contributed by atoms with Gasteiger partial charge in [0.1, 0.15) is 23.3 Å². The number of thiocarbonyl (C=S) groups is 1. The van der Waals surface area contributed by atoms with Gasteiger partial charge in [0.15, 0.2) is 5.11 Å². The Kier molecular flexibility index (Phi) is 13.4. The van der Waals surface area contributed by atoms with Crippen LogP contribution in [0.5, 0.6) is 17.2 Å². The molecule has 3 N–H and O–H groups in total. The fraction of sp³-hybridized carbons (Fsp3) is 0.366. The van der Waals surface area contributed by atoms with Gasteiger partial charge >= 0.3 is 0 Å². The molecular weight excluding hydrogens is 676 g/mol. The van der Waals surface area contributed by atoms with Gasteiger partial charge in [0.2, 0.25) is 5.91 Å². The number of rotatable bonds is 13. The van der Waals surface area contributed by atoms with E-state index in [-0.39, 0.29) is 17.4 Å². The molecular formula is C41H53N4O4PS. The molecule has 8 nitrogen and oxygen atoms in total. The summed E-state index contributed by atoms with van der Waals surface area (Å²) in [6.45, 7) is 13.5. The maximum Gasteiger partial charge on any atom is 0.243 e.